The van der Waals surface area contributed by atoms with E-state index < -0.39 is 6.98 Å². The van der Waals surface area contributed by atoms with Crippen LogP contribution in [-0.2, 0) is 0 Å². The van der Waals surface area contributed by atoms with Crippen molar-refractivity contribution in [3.63, 3.8) is 0 Å². The molecule has 5 rings (SSSR count). The SMILES string of the molecule is [2H]C([2H])([2H])N(c1ccc(-c2ccc(-c3cn[nH]c3)c3cn[nH]c23)nn1)C1CCNCC1. The lowest BCUT2D eigenvalue weighted by Gasteiger charge is -2.32. The Morgan fingerprint density at radius 2 is 1.93 bits per heavy atom. The fraction of sp³-hybridized carbons (Fsp3) is 0.300. The number of benzene rings is 1. The Morgan fingerprint density at radius 3 is 2.68 bits per heavy atom. The van der Waals surface area contributed by atoms with Crippen molar-refractivity contribution in [1.29, 1.82) is 0 Å². The van der Waals surface area contributed by atoms with Gasteiger partial charge in [-0.1, -0.05) is 6.07 Å². The fourth-order valence-corrected chi connectivity index (χ4v) is 3.75. The van der Waals surface area contributed by atoms with Crippen LogP contribution in [-0.4, -0.2) is 56.7 Å². The molecule has 8 heteroatoms. The maximum atomic E-state index is 8.01. The van der Waals surface area contributed by atoms with Crippen molar-refractivity contribution in [2.24, 2.45) is 0 Å². The van der Waals surface area contributed by atoms with E-state index in [4.69, 9.17) is 4.11 Å². The minimum atomic E-state index is -2.28. The quantitative estimate of drug-likeness (QED) is 0.506. The van der Waals surface area contributed by atoms with Gasteiger partial charge in [0.15, 0.2) is 5.82 Å². The summed E-state index contributed by atoms with van der Waals surface area (Å²) >= 11 is 0. The molecule has 1 fully saturated rings. The van der Waals surface area contributed by atoms with E-state index in [1.807, 2.05) is 24.4 Å². The first-order valence-corrected chi connectivity index (χ1v) is 9.32. The lowest BCUT2D eigenvalue weighted by Crippen LogP contribution is -2.41. The Bertz CT molecular complexity index is 1160. The molecule has 142 valence electrons. The molecule has 1 aromatic carbocycles. The summed E-state index contributed by atoms with van der Waals surface area (Å²) in [5.41, 5.74) is 4.31. The molecule has 1 aliphatic heterocycles. The van der Waals surface area contributed by atoms with Crippen LogP contribution < -0.4 is 10.2 Å². The van der Waals surface area contributed by atoms with Gasteiger partial charge in [-0.2, -0.15) is 10.2 Å². The molecule has 8 nitrogen and oxygen atoms in total. The van der Waals surface area contributed by atoms with Gasteiger partial charge in [0.25, 0.3) is 0 Å². The molecule has 0 spiro atoms. The minimum Gasteiger partial charge on any atom is -0.355 e. The van der Waals surface area contributed by atoms with Crippen LogP contribution in [0.1, 0.15) is 17.0 Å². The number of hydrogen-bond donors (Lipinski definition) is 3. The van der Waals surface area contributed by atoms with Crippen molar-refractivity contribution in [1.82, 2.24) is 35.9 Å². The summed E-state index contributed by atoms with van der Waals surface area (Å²) in [6.07, 6.45) is 6.88. The normalized spacial score (nSPS) is 17.2. The van der Waals surface area contributed by atoms with E-state index in [0.29, 0.717) is 11.5 Å². The van der Waals surface area contributed by atoms with E-state index in [9.17, 15) is 0 Å². The van der Waals surface area contributed by atoms with E-state index in [2.05, 4.69) is 35.9 Å². The summed E-state index contributed by atoms with van der Waals surface area (Å²) in [5.74, 6) is 0.367. The second-order valence-corrected chi connectivity index (χ2v) is 6.93. The third kappa shape index (κ3) is 2.91. The monoisotopic (exact) mass is 377 g/mol. The lowest BCUT2D eigenvalue weighted by molar-refractivity contribution is 0.441. The summed E-state index contributed by atoms with van der Waals surface area (Å²) in [6, 6.07) is 7.42. The molecule has 0 unspecified atom stereocenters. The molecule has 0 radical (unpaired) electrons. The zero-order chi connectivity index (χ0) is 21.4. The molecular formula is C20H22N8. The third-order valence-electron chi connectivity index (χ3n) is 5.27. The highest BCUT2D eigenvalue weighted by molar-refractivity contribution is 6.01. The summed E-state index contributed by atoms with van der Waals surface area (Å²) in [4.78, 5) is 1.43. The molecule has 0 amide bonds. The van der Waals surface area contributed by atoms with E-state index in [0.717, 1.165) is 53.5 Å². The standard InChI is InChI=1S/C20H22N8/c1-28(14-6-8-21-9-7-14)19-5-4-18(25-26-19)16-3-2-15(13-10-22-23-11-13)17-12-24-27-20(16)17/h2-5,10-12,14,21H,6-9H2,1H3,(H,22,23)(H,24,27)/i1D3. The van der Waals surface area contributed by atoms with Gasteiger partial charge in [-0.25, -0.2) is 0 Å². The zero-order valence-corrected chi connectivity index (χ0v) is 15.2. The highest BCUT2D eigenvalue weighted by Gasteiger charge is 2.19. The number of fused-ring (bicyclic) bond motifs is 1. The van der Waals surface area contributed by atoms with Gasteiger partial charge in [-0.05, 0) is 49.7 Å². The summed E-state index contributed by atoms with van der Waals surface area (Å²) in [6.45, 7) is -0.686. The molecule has 1 aliphatic rings. The molecule has 0 atom stereocenters. The Balaban J connectivity index is 1.51. The Hall–Kier alpha value is -3.26. The number of aromatic amines is 2. The van der Waals surface area contributed by atoms with E-state index in [1.54, 1.807) is 18.5 Å². The Morgan fingerprint density at radius 1 is 1.04 bits per heavy atom. The largest absolute Gasteiger partial charge is 0.355 e. The number of rotatable bonds is 4. The third-order valence-corrected chi connectivity index (χ3v) is 5.27. The predicted octanol–water partition coefficient (Wildman–Crippen LogP) is 2.60. The molecule has 0 aliphatic carbocycles. The number of piperidine rings is 1. The maximum absolute atomic E-state index is 8.01. The van der Waals surface area contributed by atoms with Gasteiger partial charge in [0.2, 0.25) is 0 Å². The number of nitrogens with one attached hydrogen (secondary N) is 3. The van der Waals surface area contributed by atoms with Gasteiger partial charge in [-0.3, -0.25) is 10.2 Å². The van der Waals surface area contributed by atoms with Crippen LogP contribution in [0.15, 0.2) is 42.9 Å². The van der Waals surface area contributed by atoms with Crippen molar-refractivity contribution in [2.75, 3.05) is 25.0 Å². The molecule has 3 N–H and O–H groups in total. The highest BCUT2D eigenvalue weighted by atomic mass is 15.3. The van der Waals surface area contributed by atoms with E-state index in [-0.39, 0.29) is 6.04 Å². The predicted molar refractivity (Wildman–Crippen MR) is 109 cm³/mol. The Kier molecular flexibility index (Phi) is 3.48. The van der Waals surface area contributed by atoms with Crippen molar-refractivity contribution >= 4 is 16.7 Å². The second kappa shape index (κ2) is 7.05. The topological polar surface area (TPSA) is 98.4 Å². The summed E-state index contributed by atoms with van der Waals surface area (Å²) < 4.78 is 24.0. The molecular weight excluding hydrogens is 352 g/mol. The minimum absolute atomic E-state index is 0.0949. The van der Waals surface area contributed by atoms with Crippen molar-refractivity contribution in [3.05, 3.63) is 42.9 Å². The van der Waals surface area contributed by atoms with Crippen LogP contribution in [0.3, 0.4) is 0 Å². The fourth-order valence-electron chi connectivity index (χ4n) is 3.75. The average molecular weight is 377 g/mol. The molecule has 0 saturated carbocycles. The second-order valence-electron chi connectivity index (χ2n) is 6.93. The number of anilines is 1. The molecule has 4 heterocycles. The van der Waals surface area contributed by atoms with E-state index >= 15 is 0 Å². The first-order valence-electron chi connectivity index (χ1n) is 10.8. The van der Waals surface area contributed by atoms with Crippen LogP contribution in [0.4, 0.5) is 5.82 Å². The number of H-pyrrole nitrogens is 2. The first kappa shape index (κ1) is 13.8. The molecule has 4 aromatic rings. The summed E-state index contributed by atoms with van der Waals surface area (Å²) in [7, 11) is 0. The van der Waals surface area contributed by atoms with Gasteiger partial charge in [-0.15, -0.1) is 10.2 Å². The van der Waals surface area contributed by atoms with Crippen molar-refractivity contribution < 1.29 is 4.11 Å². The molecule has 3 aromatic heterocycles. The van der Waals surface area contributed by atoms with Gasteiger partial charge in [0, 0.05) is 39.8 Å². The van der Waals surface area contributed by atoms with Gasteiger partial charge >= 0.3 is 0 Å². The molecule has 28 heavy (non-hydrogen) atoms. The Labute approximate surface area is 166 Å². The number of nitrogens with zero attached hydrogens (tertiary/aromatic N) is 5. The molecule has 0 bridgehead atoms. The lowest BCUT2D eigenvalue weighted by atomic mass is 10.00. The van der Waals surface area contributed by atoms with Crippen LogP contribution in [0.2, 0.25) is 0 Å². The highest BCUT2D eigenvalue weighted by Crippen LogP contribution is 2.33. The van der Waals surface area contributed by atoms with Crippen molar-refractivity contribution in [3.8, 4) is 22.4 Å². The van der Waals surface area contributed by atoms with Gasteiger partial charge in [0.05, 0.1) is 23.6 Å². The summed E-state index contributed by atoms with van der Waals surface area (Å²) in [5, 5.41) is 27.0. The van der Waals surface area contributed by atoms with Gasteiger partial charge < -0.3 is 10.2 Å². The first-order chi connectivity index (χ1) is 15.0. The van der Waals surface area contributed by atoms with Crippen LogP contribution >= 0.6 is 0 Å². The smallest absolute Gasteiger partial charge is 0.151 e. The van der Waals surface area contributed by atoms with Gasteiger partial charge in [0.1, 0.15) is 0 Å². The van der Waals surface area contributed by atoms with Crippen molar-refractivity contribution in [2.45, 2.75) is 18.9 Å². The zero-order valence-electron chi connectivity index (χ0n) is 18.2. The maximum Gasteiger partial charge on any atom is 0.151 e. The van der Waals surface area contributed by atoms with Crippen LogP contribution in [0.5, 0.6) is 0 Å². The van der Waals surface area contributed by atoms with E-state index in [1.165, 1.54) is 4.90 Å². The number of aromatic nitrogens is 6. The van der Waals surface area contributed by atoms with Crippen LogP contribution in [0, 0.1) is 0 Å². The van der Waals surface area contributed by atoms with Crippen LogP contribution in [0.25, 0.3) is 33.3 Å². The average Bonchev–Trinajstić information content (AvgIpc) is 3.46. The molecule has 1 saturated heterocycles. The number of hydrogen-bond acceptors (Lipinski definition) is 6.